The van der Waals surface area contributed by atoms with Crippen LogP contribution in [0.2, 0.25) is 0 Å². The van der Waals surface area contributed by atoms with Crippen LogP contribution in [0, 0.1) is 5.41 Å². The van der Waals surface area contributed by atoms with Crippen molar-refractivity contribution in [3.8, 4) is 0 Å². The van der Waals surface area contributed by atoms with E-state index in [2.05, 4.69) is 24.5 Å². The zero-order valence-corrected chi connectivity index (χ0v) is 18.9. The molecule has 2 aliphatic rings. The number of carbonyl (C=O) groups is 2. The van der Waals surface area contributed by atoms with Crippen molar-refractivity contribution < 1.29 is 9.59 Å². The molecule has 32 heavy (non-hydrogen) atoms. The van der Waals surface area contributed by atoms with Gasteiger partial charge in [0.05, 0.1) is 11.4 Å². The summed E-state index contributed by atoms with van der Waals surface area (Å²) in [5.41, 5.74) is 3.74. The number of carbonyl (C=O) groups excluding carboxylic acids is 2. The average Bonchev–Trinajstić information content (AvgIpc) is 3.23. The second-order valence-corrected chi connectivity index (χ2v) is 10.0. The second kappa shape index (κ2) is 7.95. The molecule has 162 valence electrons. The summed E-state index contributed by atoms with van der Waals surface area (Å²) < 4.78 is 0. The lowest BCUT2D eigenvalue weighted by Crippen LogP contribution is -2.41. The molecule has 2 N–H and O–H groups in total. The van der Waals surface area contributed by atoms with E-state index in [1.807, 2.05) is 72.1 Å². The highest BCUT2D eigenvalue weighted by Gasteiger charge is 2.43. The number of amides is 2. The van der Waals surface area contributed by atoms with E-state index < -0.39 is 6.04 Å². The molecule has 0 bridgehead atoms. The van der Waals surface area contributed by atoms with Gasteiger partial charge in [-0.3, -0.25) is 9.69 Å². The monoisotopic (exact) mass is 443 g/mol. The van der Waals surface area contributed by atoms with Crippen LogP contribution in [-0.4, -0.2) is 11.8 Å². The quantitative estimate of drug-likeness (QED) is 0.469. The Morgan fingerprint density at radius 1 is 1.03 bits per heavy atom. The predicted octanol–water partition coefficient (Wildman–Crippen LogP) is 6.60. The fraction of sp³-hybridized carbons (Fsp3) is 0.231. The van der Waals surface area contributed by atoms with E-state index in [9.17, 15) is 9.59 Å². The predicted molar refractivity (Wildman–Crippen MR) is 130 cm³/mol. The van der Waals surface area contributed by atoms with Gasteiger partial charge in [0, 0.05) is 28.3 Å². The number of hydrogen-bond donors (Lipinski definition) is 2. The molecule has 1 aliphatic carbocycles. The van der Waals surface area contributed by atoms with Crippen LogP contribution in [0.1, 0.15) is 37.6 Å². The Hall–Kier alpha value is -3.38. The molecule has 2 amide bonds. The van der Waals surface area contributed by atoms with Gasteiger partial charge in [0.2, 0.25) is 0 Å². The van der Waals surface area contributed by atoms with Gasteiger partial charge in [0.1, 0.15) is 6.04 Å². The number of urea groups is 1. The molecule has 0 spiro atoms. The Labute approximate surface area is 191 Å². The first-order chi connectivity index (χ1) is 15.4. The summed E-state index contributed by atoms with van der Waals surface area (Å²) in [5.74, 6) is 0.0902. The Morgan fingerprint density at radius 3 is 2.53 bits per heavy atom. The highest BCUT2D eigenvalue weighted by molar-refractivity contribution is 7.10. The first-order valence-electron chi connectivity index (χ1n) is 10.7. The van der Waals surface area contributed by atoms with Gasteiger partial charge in [-0.25, -0.2) is 4.79 Å². The van der Waals surface area contributed by atoms with Crippen molar-refractivity contribution in [2.75, 3.05) is 15.5 Å². The molecule has 5 rings (SSSR count). The number of para-hydroxylation sites is 3. The van der Waals surface area contributed by atoms with Crippen LogP contribution in [0.5, 0.6) is 0 Å². The van der Waals surface area contributed by atoms with Gasteiger partial charge in [0.25, 0.3) is 0 Å². The van der Waals surface area contributed by atoms with Crippen molar-refractivity contribution in [2.45, 2.75) is 32.7 Å². The number of benzene rings is 2. The van der Waals surface area contributed by atoms with E-state index >= 15 is 0 Å². The first-order valence-corrected chi connectivity index (χ1v) is 11.6. The Kier molecular flexibility index (Phi) is 5.10. The molecule has 1 aliphatic heterocycles. The molecule has 1 aromatic heterocycles. The normalized spacial score (nSPS) is 19.5. The SMILES string of the molecule is CC1(C)CC(=O)C2=C(C1)Nc1ccccc1N(C(=O)Nc1ccccc1)[C@@H]2c1cccs1. The van der Waals surface area contributed by atoms with Gasteiger partial charge >= 0.3 is 6.03 Å². The molecule has 6 heteroatoms. The van der Waals surface area contributed by atoms with Crippen molar-refractivity contribution >= 4 is 40.2 Å². The zero-order chi connectivity index (χ0) is 22.3. The van der Waals surface area contributed by atoms with Crippen LogP contribution in [0.15, 0.2) is 83.4 Å². The molecular formula is C26H25N3O2S. The Morgan fingerprint density at radius 2 is 1.78 bits per heavy atom. The number of allylic oxidation sites excluding steroid dienone is 1. The molecule has 0 saturated heterocycles. The number of Topliss-reactive ketones (excluding diaryl/α,β-unsaturated/α-hetero) is 1. The minimum absolute atomic E-state index is 0.0902. The molecule has 3 aromatic rings. The number of nitrogens with zero attached hydrogens (tertiary/aromatic N) is 1. The summed E-state index contributed by atoms with van der Waals surface area (Å²) in [5, 5.41) is 8.55. The van der Waals surface area contributed by atoms with Gasteiger partial charge in [-0.15, -0.1) is 11.3 Å². The van der Waals surface area contributed by atoms with Gasteiger partial charge in [-0.1, -0.05) is 50.2 Å². The highest BCUT2D eigenvalue weighted by atomic mass is 32.1. The maximum atomic E-state index is 13.8. The lowest BCUT2D eigenvalue weighted by Gasteiger charge is -2.36. The van der Waals surface area contributed by atoms with Crippen molar-refractivity contribution in [3.05, 3.63) is 88.3 Å². The third-order valence-electron chi connectivity index (χ3n) is 5.96. The average molecular weight is 444 g/mol. The summed E-state index contributed by atoms with van der Waals surface area (Å²) >= 11 is 1.56. The third kappa shape index (κ3) is 3.71. The minimum atomic E-state index is -0.492. The van der Waals surface area contributed by atoms with E-state index in [-0.39, 0.29) is 17.2 Å². The molecule has 0 fully saturated rings. The van der Waals surface area contributed by atoms with E-state index in [0.717, 1.165) is 28.4 Å². The van der Waals surface area contributed by atoms with Gasteiger partial charge in [-0.2, -0.15) is 0 Å². The van der Waals surface area contributed by atoms with Crippen LogP contribution in [0.4, 0.5) is 21.9 Å². The number of nitrogens with one attached hydrogen (secondary N) is 2. The van der Waals surface area contributed by atoms with Crippen LogP contribution in [0.3, 0.4) is 0 Å². The molecule has 2 heterocycles. The topological polar surface area (TPSA) is 61.4 Å². The number of ketones is 1. The van der Waals surface area contributed by atoms with Gasteiger partial charge in [-0.05, 0) is 47.5 Å². The van der Waals surface area contributed by atoms with Gasteiger partial charge in [0.15, 0.2) is 5.78 Å². The smallest absolute Gasteiger partial charge is 0.327 e. The highest BCUT2D eigenvalue weighted by Crippen LogP contribution is 2.49. The number of rotatable bonds is 2. The fourth-order valence-electron chi connectivity index (χ4n) is 4.63. The zero-order valence-electron chi connectivity index (χ0n) is 18.1. The number of fused-ring (bicyclic) bond motifs is 1. The van der Waals surface area contributed by atoms with E-state index in [0.29, 0.717) is 17.7 Å². The molecule has 0 saturated carbocycles. The number of thiophene rings is 1. The summed E-state index contributed by atoms with van der Waals surface area (Å²) in [6.07, 6.45) is 1.21. The Balaban J connectivity index is 1.70. The molecule has 5 nitrogen and oxygen atoms in total. The number of hydrogen-bond acceptors (Lipinski definition) is 4. The minimum Gasteiger partial charge on any atom is -0.357 e. The van der Waals surface area contributed by atoms with Crippen molar-refractivity contribution in [3.63, 3.8) is 0 Å². The van der Waals surface area contributed by atoms with Crippen LogP contribution < -0.4 is 15.5 Å². The molecule has 0 unspecified atom stereocenters. The van der Waals surface area contributed by atoms with Crippen molar-refractivity contribution in [2.24, 2.45) is 5.41 Å². The summed E-state index contributed by atoms with van der Waals surface area (Å²) in [4.78, 5) is 30.0. The summed E-state index contributed by atoms with van der Waals surface area (Å²) in [6, 6.07) is 20.4. The largest absolute Gasteiger partial charge is 0.357 e. The van der Waals surface area contributed by atoms with Crippen molar-refractivity contribution in [1.82, 2.24) is 0 Å². The fourth-order valence-corrected chi connectivity index (χ4v) is 5.46. The lowest BCUT2D eigenvalue weighted by atomic mass is 9.74. The summed E-state index contributed by atoms with van der Waals surface area (Å²) in [7, 11) is 0. The molecule has 0 radical (unpaired) electrons. The van der Waals surface area contributed by atoms with Gasteiger partial charge < -0.3 is 10.6 Å². The van der Waals surface area contributed by atoms with Crippen LogP contribution >= 0.6 is 11.3 Å². The van der Waals surface area contributed by atoms with E-state index in [4.69, 9.17) is 0 Å². The molecule has 2 aromatic carbocycles. The van der Waals surface area contributed by atoms with Crippen LogP contribution in [0.25, 0.3) is 0 Å². The lowest BCUT2D eigenvalue weighted by molar-refractivity contribution is -0.118. The van der Waals surface area contributed by atoms with Crippen LogP contribution in [-0.2, 0) is 4.79 Å². The van der Waals surface area contributed by atoms with E-state index in [1.165, 1.54) is 0 Å². The Bertz CT molecular complexity index is 1200. The van der Waals surface area contributed by atoms with E-state index in [1.54, 1.807) is 16.2 Å². The number of anilines is 3. The summed E-state index contributed by atoms with van der Waals surface area (Å²) in [6.45, 7) is 4.24. The maximum Gasteiger partial charge on any atom is 0.327 e. The van der Waals surface area contributed by atoms with Crippen molar-refractivity contribution in [1.29, 1.82) is 0 Å². The molecule has 1 atom stereocenters. The standard InChI is InChI=1S/C26H25N3O2S/c1-26(2)15-19-23(21(30)16-26)24(22-13-8-14-32-22)29(20-12-7-6-11-18(20)28-19)25(31)27-17-9-4-3-5-10-17/h3-14,24,28H,15-16H2,1-2H3,(H,27,31)/t24-/m1/s1. The second-order valence-electron chi connectivity index (χ2n) is 9.06. The maximum absolute atomic E-state index is 13.8. The first kappa shape index (κ1) is 20.5. The molecular weight excluding hydrogens is 418 g/mol. The third-order valence-corrected chi connectivity index (χ3v) is 6.88.